The second-order valence-electron chi connectivity index (χ2n) is 1.11. The average Bonchev–Trinajstić information content (AvgIpc) is 1.62. The molecule has 0 unspecified atom stereocenters. The number of hydrogen-bond acceptors (Lipinski definition) is 3. The van der Waals surface area contributed by atoms with Crippen LogP contribution in [0.4, 0.5) is 0 Å². The normalized spacial score (nSPS) is 5.90. The van der Waals surface area contributed by atoms with E-state index in [4.69, 9.17) is 16.1 Å². The molecule has 0 amide bonds. The molecule has 0 rings (SSSR count). The lowest BCUT2D eigenvalue weighted by molar-refractivity contribution is 1.19. The molecule has 0 aromatic carbocycles. The van der Waals surface area contributed by atoms with Crippen LogP contribution in [0.15, 0.2) is 0 Å². The number of nitrogens with two attached hydrogens (primary N) is 3. The molecule has 0 aliphatic heterocycles. The largest absolute Gasteiger partial charge is 0.370 e. The molecular formula is C3H9N7. The number of guanidine groups is 2. The zero-order valence-electron chi connectivity index (χ0n) is 5.18. The molecule has 0 aromatic rings. The van der Waals surface area contributed by atoms with Crippen LogP contribution in [0, 0.1) is 22.3 Å². The molecule has 10 heavy (non-hydrogen) atoms. The van der Waals surface area contributed by atoms with E-state index in [2.05, 4.69) is 17.2 Å². The highest BCUT2D eigenvalue weighted by atomic mass is 15.0. The highest BCUT2D eigenvalue weighted by Gasteiger charge is 1.73. The van der Waals surface area contributed by atoms with Gasteiger partial charge in [0.25, 0.3) is 0 Å². The van der Waals surface area contributed by atoms with Crippen LogP contribution < -0.4 is 22.5 Å². The molecule has 0 bridgehead atoms. The highest BCUT2D eigenvalue weighted by Crippen LogP contribution is 1.37. The zero-order chi connectivity index (χ0) is 8.57. The third-order valence-corrected chi connectivity index (χ3v) is 0.191. The molecule has 9 N–H and O–H groups in total. The molecule has 0 heterocycles. The lowest BCUT2D eigenvalue weighted by Gasteiger charge is -1.82. The van der Waals surface area contributed by atoms with Crippen molar-refractivity contribution in [3.63, 3.8) is 0 Å². The van der Waals surface area contributed by atoms with E-state index >= 15 is 0 Å². The molecule has 56 valence electrons. The summed E-state index contributed by atoms with van der Waals surface area (Å²) in [5.41, 5.74) is 13.6. The third kappa shape index (κ3) is 144. The summed E-state index contributed by atoms with van der Waals surface area (Å²) in [6.07, 6.45) is 1.47. The molecule has 0 aliphatic carbocycles. The van der Waals surface area contributed by atoms with Gasteiger partial charge in [0.15, 0.2) is 18.1 Å². The fourth-order valence-corrected chi connectivity index (χ4v) is 0.0602. The molecule has 0 saturated heterocycles. The number of rotatable bonds is 0. The summed E-state index contributed by atoms with van der Waals surface area (Å²) in [6, 6.07) is 0. The van der Waals surface area contributed by atoms with Crippen molar-refractivity contribution in [2.75, 3.05) is 0 Å². The fraction of sp³-hybridized carbons (Fsp3) is 0. The van der Waals surface area contributed by atoms with Gasteiger partial charge in [-0.2, -0.15) is 5.26 Å². The van der Waals surface area contributed by atoms with Crippen LogP contribution in [0.5, 0.6) is 0 Å². The molecule has 7 heteroatoms. The monoisotopic (exact) mass is 143 g/mol. The number of hydrogen-bond donors (Lipinski definition) is 6. The van der Waals surface area contributed by atoms with Gasteiger partial charge in [0.1, 0.15) is 0 Å². The van der Waals surface area contributed by atoms with Crippen LogP contribution in [0.2, 0.25) is 0 Å². The van der Waals surface area contributed by atoms with Gasteiger partial charge in [-0.3, -0.25) is 16.1 Å². The fourth-order valence-electron chi connectivity index (χ4n) is 0.0602. The minimum absolute atomic E-state index is 0.322. The molecule has 0 saturated carbocycles. The Hall–Kier alpha value is -1.97. The van der Waals surface area contributed by atoms with Crippen LogP contribution in [0.25, 0.3) is 0 Å². The summed E-state index contributed by atoms with van der Waals surface area (Å²) in [7, 11) is 0. The van der Waals surface area contributed by atoms with E-state index in [-0.39, 0.29) is 11.9 Å². The first-order valence-electron chi connectivity index (χ1n) is 2.09. The molecule has 0 aromatic heterocycles. The predicted octanol–water partition coefficient (Wildman–Crippen LogP) is -2.21. The molecule has 0 spiro atoms. The Morgan fingerprint density at radius 2 is 1.60 bits per heavy atom. The maximum Gasteiger partial charge on any atom is 0.199 e. The van der Waals surface area contributed by atoms with Crippen molar-refractivity contribution in [2.24, 2.45) is 17.2 Å². The SMILES string of the molecule is N#CNC(=N)N.N=C(N)N. The molecule has 0 radical (unpaired) electrons. The second kappa shape index (κ2) is 7.03. The quantitative estimate of drug-likeness (QED) is 0.0978. The van der Waals surface area contributed by atoms with E-state index in [1.54, 1.807) is 0 Å². The van der Waals surface area contributed by atoms with E-state index in [0.717, 1.165) is 0 Å². The lowest BCUT2D eigenvalue weighted by atomic mass is 11.0. The van der Waals surface area contributed by atoms with Crippen molar-refractivity contribution in [2.45, 2.75) is 0 Å². The Morgan fingerprint density at radius 1 is 1.30 bits per heavy atom. The Bertz CT molecular complexity index is 149. The summed E-state index contributed by atoms with van der Waals surface area (Å²) >= 11 is 0. The summed E-state index contributed by atoms with van der Waals surface area (Å²) < 4.78 is 0. The lowest BCUT2D eigenvalue weighted by Crippen LogP contribution is -2.25. The van der Waals surface area contributed by atoms with Crippen LogP contribution in [0.1, 0.15) is 0 Å². The van der Waals surface area contributed by atoms with Gasteiger partial charge >= 0.3 is 0 Å². The smallest absolute Gasteiger partial charge is 0.199 e. The summed E-state index contributed by atoms with van der Waals surface area (Å²) in [5, 5.41) is 21.9. The maximum absolute atomic E-state index is 7.65. The van der Waals surface area contributed by atoms with E-state index in [0.29, 0.717) is 0 Å². The first-order valence-corrected chi connectivity index (χ1v) is 2.09. The topological polar surface area (TPSA) is 162 Å². The zero-order valence-corrected chi connectivity index (χ0v) is 5.18. The number of nitrogens with one attached hydrogen (secondary N) is 3. The van der Waals surface area contributed by atoms with E-state index in [9.17, 15) is 0 Å². The Balaban J connectivity index is 0. The van der Waals surface area contributed by atoms with Gasteiger partial charge in [-0.25, -0.2) is 0 Å². The van der Waals surface area contributed by atoms with Gasteiger partial charge < -0.3 is 17.2 Å². The third-order valence-electron chi connectivity index (χ3n) is 0.191. The van der Waals surface area contributed by atoms with Crippen LogP contribution in [0.3, 0.4) is 0 Å². The number of nitriles is 1. The standard InChI is InChI=1S/C2H4N4.CH5N3/c3-1-6-2(4)5;2-1(3)4/h(H4,4,5,6);(H5,2,3,4). The van der Waals surface area contributed by atoms with Gasteiger partial charge in [-0.05, 0) is 0 Å². The van der Waals surface area contributed by atoms with Crippen molar-refractivity contribution >= 4 is 11.9 Å². The molecular weight excluding hydrogens is 134 g/mol. The summed E-state index contributed by atoms with van der Waals surface area (Å²) in [4.78, 5) is 0. The molecule has 0 fully saturated rings. The summed E-state index contributed by atoms with van der Waals surface area (Å²) in [6.45, 7) is 0. The summed E-state index contributed by atoms with van der Waals surface area (Å²) in [5.74, 6) is -0.655. The van der Waals surface area contributed by atoms with E-state index in [1.165, 1.54) is 6.19 Å². The number of nitrogens with zero attached hydrogens (tertiary/aromatic N) is 1. The van der Waals surface area contributed by atoms with E-state index in [1.807, 2.05) is 5.32 Å². The average molecular weight is 143 g/mol. The van der Waals surface area contributed by atoms with Crippen LogP contribution >= 0.6 is 0 Å². The van der Waals surface area contributed by atoms with Gasteiger partial charge in [0, 0.05) is 0 Å². The minimum atomic E-state index is -0.333. The second-order valence-corrected chi connectivity index (χ2v) is 1.11. The first kappa shape index (κ1) is 10.9. The van der Waals surface area contributed by atoms with E-state index < -0.39 is 0 Å². The van der Waals surface area contributed by atoms with Crippen LogP contribution in [-0.2, 0) is 0 Å². The first-order chi connectivity index (χ1) is 4.50. The predicted molar refractivity (Wildman–Crippen MR) is 36.8 cm³/mol. The van der Waals surface area contributed by atoms with Crippen molar-refractivity contribution in [1.82, 2.24) is 5.32 Å². The van der Waals surface area contributed by atoms with Gasteiger partial charge in [0.05, 0.1) is 0 Å². The van der Waals surface area contributed by atoms with Crippen molar-refractivity contribution < 1.29 is 0 Å². The Labute approximate surface area is 57.8 Å². The van der Waals surface area contributed by atoms with Gasteiger partial charge in [0.2, 0.25) is 0 Å². The maximum atomic E-state index is 7.65. The van der Waals surface area contributed by atoms with Crippen molar-refractivity contribution in [1.29, 1.82) is 16.1 Å². The highest BCUT2D eigenvalue weighted by molar-refractivity contribution is 5.75. The van der Waals surface area contributed by atoms with Gasteiger partial charge in [-0.1, -0.05) is 0 Å². The molecule has 0 aliphatic rings. The van der Waals surface area contributed by atoms with Crippen molar-refractivity contribution in [3.05, 3.63) is 0 Å². The van der Waals surface area contributed by atoms with Crippen molar-refractivity contribution in [3.8, 4) is 6.19 Å². The van der Waals surface area contributed by atoms with Crippen LogP contribution in [-0.4, -0.2) is 11.9 Å². The Kier molecular flexibility index (Phi) is 7.67. The minimum Gasteiger partial charge on any atom is -0.370 e. The Morgan fingerprint density at radius 3 is 1.60 bits per heavy atom. The molecule has 7 nitrogen and oxygen atoms in total. The van der Waals surface area contributed by atoms with Gasteiger partial charge in [-0.15, -0.1) is 0 Å². The molecule has 0 atom stereocenters.